The van der Waals surface area contributed by atoms with Gasteiger partial charge in [-0.05, 0) is 99.2 Å². The zero-order valence-corrected chi connectivity index (χ0v) is 20.7. The molecule has 36 heavy (non-hydrogen) atoms. The highest BCUT2D eigenvalue weighted by atomic mass is 19.1. The van der Waals surface area contributed by atoms with Crippen LogP contribution in [0.2, 0.25) is 0 Å². The summed E-state index contributed by atoms with van der Waals surface area (Å²) in [7, 11) is 0. The first-order valence-electron chi connectivity index (χ1n) is 13.3. The van der Waals surface area contributed by atoms with Crippen LogP contribution in [0.1, 0.15) is 55.0 Å². The van der Waals surface area contributed by atoms with Crippen LogP contribution in [-0.2, 0) is 11.3 Å². The lowest BCUT2D eigenvalue weighted by atomic mass is 9.65. The van der Waals surface area contributed by atoms with Gasteiger partial charge in [0.25, 0.3) is 0 Å². The lowest BCUT2D eigenvalue weighted by Gasteiger charge is -2.47. The van der Waals surface area contributed by atoms with Crippen LogP contribution in [-0.4, -0.2) is 41.0 Å². The number of carbonyl (C=O) groups is 1. The Hall–Kier alpha value is -2.42. The van der Waals surface area contributed by atoms with Crippen molar-refractivity contribution in [1.82, 2.24) is 26.1 Å². The van der Waals surface area contributed by atoms with E-state index in [-0.39, 0.29) is 35.6 Å². The van der Waals surface area contributed by atoms with Crippen LogP contribution < -0.4 is 16.2 Å². The SMILES string of the molecule is Cc1cc(C2NNC3CC4NC(=O)C(C5CCCN(Cc6cc(F)ccc6F)C5)CC4CC32)ccn1. The molecule has 4 heterocycles. The van der Waals surface area contributed by atoms with Gasteiger partial charge in [0.2, 0.25) is 5.91 Å². The van der Waals surface area contributed by atoms with Crippen LogP contribution in [0.3, 0.4) is 0 Å². The van der Waals surface area contributed by atoms with Crippen molar-refractivity contribution >= 4 is 5.91 Å². The molecule has 1 aromatic heterocycles. The van der Waals surface area contributed by atoms with E-state index in [9.17, 15) is 13.6 Å². The largest absolute Gasteiger partial charge is 0.353 e. The Labute approximate surface area is 211 Å². The van der Waals surface area contributed by atoms with Crippen molar-refractivity contribution in [2.75, 3.05) is 13.1 Å². The lowest BCUT2D eigenvalue weighted by molar-refractivity contribution is -0.133. The summed E-state index contributed by atoms with van der Waals surface area (Å²) in [5.41, 5.74) is 9.70. The van der Waals surface area contributed by atoms with Gasteiger partial charge in [0.15, 0.2) is 0 Å². The average Bonchev–Trinajstić information content (AvgIpc) is 3.27. The first-order valence-corrected chi connectivity index (χ1v) is 13.3. The molecule has 1 amide bonds. The summed E-state index contributed by atoms with van der Waals surface area (Å²) < 4.78 is 27.9. The fourth-order valence-corrected chi connectivity index (χ4v) is 7.28. The molecule has 1 aromatic carbocycles. The summed E-state index contributed by atoms with van der Waals surface area (Å²) in [5.74, 6) is 0.542. The molecule has 2 aromatic rings. The standard InChI is InChI=1S/C28H35F2N5O/c1-16-9-17(6-7-31-16)27-23-12-19-11-22(28(36)32-25(19)13-26(23)33-34-27)18-3-2-8-35(14-18)15-20-10-21(29)4-5-24(20)30/h4-7,9-10,18-19,22-23,25-27,33-34H,2-3,8,11-15H2,1H3,(H,32,36). The molecule has 4 aliphatic rings. The summed E-state index contributed by atoms with van der Waals surface area (Å²) in [5, 5.41) is 3.38. The Bertz CT molecular complexity index is 1130. The van der Waals surface area contributed by atoms with Crippen molar-refractivity contribution in [3.63, 3.8) is 0 Å². The fraction of sp³-hybridized carbons (Fsp3) is 0.571. The molecule has 0 spiro atoms. The molecule has 1 saturated carbocycles. The molecular formula is C28H35F2N5O. The number of rotatable bonds is 4. The second kappa shape index (κ2) is 9.80. The molecule has 3 aliphatic heterocycles. The predicted octanol–water partition coefficient (Wildman–Crippen LogP) is 3.63. The summed E-state index contributed by atoms with van der Waals surface area (Å²) in [6, 6.07) is 8.72. The summed E-state index contributed by atoms with van der Waals surface area (Å²) in [6.07, 6.45) is 6.79. The van der Waals surface area contributed by atoms with Crippen LogP contribution in [0.5, 0.6) is 0 Å². The van der Waals surface area contributed by atoms with Crippen molar-refractivity contribution in [2.45, 2.75) is 63.7 Å². The van der Waals surface area contributed by atoms with E-state index < -0.39 is 5.82 Å². The highest BCUT2D eigenvalue weighted by Gasteiger charge is 2.49. The quantitative estimate of drug-likeness (QED) is 0.605. The van der Waals surface area contributed by atoms with Gasteiger partial charge in [0.05, 0.1) is 6.04 Å². The molecule has 0 bridgehead atoms. The van der Waals surface area contributed by atoms with Crippen molar-refractivity contribution in [1.29, 1.82) is 0 Å². The van der Waals surface area contributed by atoms with E-state index in [2.05, 4.69) is 38.2 Å². The van der Waals surface area contributed by atoms with Gasteiger partial charge in [-0.15, -0.1) is 0 Å². The molecule has 7 unspecified atom stereocenters. The van der Waals surface area contributed by atoms with Gasteiger partial charge in [0.1, 0.15) is 11.6 Å². The van der Waals surface area contributed by atoms with Crippen molar-refractivity contribution in [3.05, 3.63) is 65.0 Å². The number of amides is 1. The molecule has 6 rings (SSSR count). The first kappa shape index (κ1) is 23.9. The Morgan fingerprint density at radius 2 is 1.94 bits per heavy atom. The van der Waals surface area contributed by atoms with E-state index in [0.29, 0.717) is 30.0 Å². The van der Waals surface area contributed by atoms with Crippen LogP contribution in [0.25, 0.3) is 0 Å². The minimum Gasteiger partial charge on any atom is -0.353 e. The number of pyridine rings is 1. The van der Waals surface area contributed by atoms with Gasteiger partial charge < -0.3 is 5.32 Å². The normalized spacial score (nSPS) is 34.6. The Kier molecular flexibility index (Phi) is 6.52. The molecule has 6 nitrogen and oxygen atoms in total. The first-order chi connectivity index (χ1) is 17.4. The summed E-state index contributed by atoms with van der Waals surface area (Å²) in [4.78, 5) is 19.8. The number of fused-ring (bicyclic) bond motifs is 2. The molecule has 8 heteroatoms. The predicted molar refractivity (Wildman–Crippen MR) is 132 cm³/mol. The highest BCUT2D eigenvalue weighted by Crippen LogP contribution is 2.45. The van der Waals surface area contributed by atoms with E-state index in [1.54, 1.807) is 0 Å². The maximum Gasteiger partial charge on any atom is 0.223 e. The number of carbonyl (C=O) groups excluding carboxylic acids is 1. The highest BCUT2D eigenvalue weighted by molar-refractivity contribution is 5.80. The van der Waals surface area contributed by atoms with E-state index in [1.165, 1.54) is 17.7 Å². The molecule has 192 valence electrons. The molecule has 3 saturated heterocycles. The monoisotopic (exact) mass is 495 g/mol. The van der Waals surface area contributed by atoms with Crippen LogP contribution in [0.15, 0.2) is 36.5 Å². The number of nitrogens with one attached hydrogen (secondary N) is 3. The number of piperidine rings is 2. The van der Waals surface area contributed by atoms with E-state index >= 15 is 0 Å². The van der Waals surface area contributed by atoms with Gasteiger partial charge in [-0.2, -0.15) is 0 Å². The Balaban J connectivity index is 1.13. The number of likely N-dealkylation sites (tertiary alicyclic amines) is 1. The van der Waals surface area contributed by atoms with Gasteiger partial charge in [-0.25, -0.2) is 14.2 Å². The zero-order chi connectivity index (χ0) is 24.8. The van der Waals surface area contributed by atoms with E-state index in [1.807, 2.05) is 13.1 Å². The second-order valence-electron chi connectivity index (χ2n) is 11.3. The minimum absolute atomic E-state index is 0.0214. The summed E-state index contributed by atoms with van der Waals surface area (Å²) >= 11 is 0. The molecule has 0 radical (unpaired) electrons. The van der Waals surface area contributed by atoms with Gasteiger partial charge in [-0.3, -0.25) is 20.1 Å². The van der Waals surface area contributed by atoms with E-state index in [0.717, 1.165) is 57.0 Å². The number of aromatic nitrogens is 1. The van der Waals surface area contributed by atoms with Crippen molar-refractivity contribution in [2.24, 2.45) is 23.7 Å². The number of benzene rings is 1. The maximum absolute atomic E-state index is 14.2. The number of aryl methyl sites for hydroxylation is 1. The van der Waals surface area contributed by atoms with Gasteiger partial charge in [-0.1, -0.05) is 0 Å². The second-order valence-corrected chi connectivity index (χ2v) is 11.3. The number of nitrogens with zero attached hydrogens (tertiary/aromatic N) is 2. The third-order valence-electron chi connectivity index (χ3n) is 9.03. The van der Waals surface area contributed by atoms with Crippen molar-refractivity contribution in [3.8, 4) is 0 Å². The molecular weight excluding hydrogens is 460 g/mol. The lowest BCUT2D eigenvalue weighted by Crippen LogP contribution is -2.57. The fourth-order valence-electron chi connectivity index (χ4n) is 7.28. The average molecular weight is 496 g/mol. The topological polar surface area (TPSA) is 69.3 Å². The Morgan fingerprint density at radius 1 is 1.06 bits per heavy atom. The smallest absolute Gasteiger partial charge is 0.223 e. The number of hydrazine groups is 1. The van der Waals surface area contributed by atoms with Gasteiger partial charge in [0, 0.05) is 48.5 Å². The third-order valence-corrected chi connectivity index (χ3v) is 9.03. The minimum atomic E-state index is -0.413. The Morgan fingerprint density at radius 3 is 2.81 bits per heavy atom. The number of hydrogen-bond acceptors (Lipinski definition) is 5. The summed E-state index contributed by atoms with van der Waals surface area (Å²) in [6.45, 7) is 4.01. The number of halogens is 2. The number of hydrogen-bond donors (Lipinski definition) is 3. The third kappa shape index (κ3) is 4.66. The molecule has 3 N–H and O–H groups in total. The van der Waals surface area contributed by atoms with Crippen LogP contribution in [0.4, 0.5) is 8.78 Å². The molecule has 7 atom stereocenters. The zero-order valence-electron chi connectivity index (χ0n) is 20.7. The van der Waals surface area contributed by atoms with E-state index in [4.69, 9.17) is 0 Å². The van der Waals surface area contributed by atoms with Crippen molar-refractivity contribution < 1.29 is 13.6 Å². The van der Waals surface area contributed by atoms with Crippen LogP contribution in [0, 0.1) is 42.2 Å². The maximum atomic E-state index is 14.2. The molecule has 1 aliphatic carbocycles. The van der Waals surface area contributed by atoms with Gasteiger partial charge >= 0.3 is 0 Å². The van der Waals surface area contributed by atoms with Crippen LogP contribution >= 0.6 is 0 Å². The molecule has 4 fully saturated rings.